The van der Waals surface area contributed by atoms with E-state index in [9.17, 15) is 24.9 Å². The van der Waals surface area contributed by atoms with Gasteiger partial charge in [-0.1, -0.05) is 55.4 Å². The van der Waals surface area contributed by atoms with Crippen LogP contribution in [-0.2, 0) is 14.3 Å². The molecule has 0 aliphatic heterocycles. The Bertz CT molecular complexity index is 748. The molecule has 222 valence electrons. The highest BCUT2D eigenvalue weighted by atomic mass is 16.5. The molecule has 8 nitrogen and oxygen atoms in total. The Hall–Kier alpha value is -1.22. The highest BCUT2D eigenvalue weighted by Crippen LogP contribution is 2.44. The molecular formula is C30H56N2O6. The zero-order valence-corrected chi connectivity index (χ0v) is 25.2. The molecule has 0 heterocycles. The van der Waals surface area contributed by atoms with Crippen LogP contribution in [0.2, 0.25) is 0 Å². The Morgan fingerprint density at radius 2 is 1.24 bits per heavy atom. The van der Waals surface area contributed by atoms with Crippen molar-refractivity contribution in [2.24, 2.45) is 46.3 Å². The molecule has 2 fully saturated rings. The molecule has 0 aromatic rings. The quantitative estimate of drug-likeness (QED) is 0.252. The minimum atomic E-state index is -0.893. The molecule has 0 amide bonds. The predicted octanol–water partition coefficient (Wildman–Crippen LogP) is 3.94. The van der Waals surface area contributed by atoms with E-state index in [1.165, 1.54) is 0 Å². The van der Waals surface area contributed by atoms with Crippen LogP contribution in [0, 0.1) is 46.3 Å². The number of ether oxygens (including phenoxy) is 1. The number of nitrogens with zero attached hydrogens (tertiary/aromatic N) is 2. The summed E-state index contributed by atoms with van der Waals surface area (Å²) in [7, 11) is 0. The molecule has 0 radical (unpaired) electrons. The second-order valence-electron chi connectivity index (χ2n) is 14.6. The van der Waals surface area contributed by atoms with Crippen LogP contribution in [0.1, 0.15) is 81.1 Å². The largest absolute Gasteiger partial charge is 0.480 e. The maximum absolute atomic E-state index is 11.7. The van der Waals surface area contributed by atoms with Crippen LogP contribution >= 0.6 is 0 Å². The predicted molar refractivity (Wildman–Crippen MR) is 149 cm³/mol. The molecule has 0 saturated heterocycles. The van der Waals surface area contributed by atoms with Gasteiger partial charge >= 0.3 is 5.97 Å². The van der Waals surface area contributed by atoms with Gasteiger partial charge in [-0.2, -0.15) is 0 Å². The number of carbonyl (C=O) groups is 2. The molecule has 8 heteroatoms. The molecular weight excluding hydrogens is 484 g/mol. The van der Waals surface area contributed by atoms with Crippen molar-refractivity contribution in [2.45, 2.75) is 93.3 Å². The third-order valence-electron chi connectivity index (χ3n) is 9.47. The lowest BCUT2D eigenvalue weighted by Crippen LogP contribution is -2.49. The van der Waals surface area contributed by atoms with E-state index in [4.69, 9.17) is 4.74 Å². The zero-order chi connectivity index (χ0) is 28.8. The normalized spacial score (nSPS) is 32.9. The molecule has 8 atom stereocenters. The summed E-state index contributed by atoms with van der Waals surface area (Å²) in [4.78, 5) is 26.7. The minimum absolute atomic E-state index is 0.00978. The number of aliphatic hydroxyl groups is 2. The molecule has 2 aliphatic carbocycles. The van der Waals surface area contributed by atoms with Gasteiger partial charge in [0.2, 0.25) is 0 Å². The van der Waals surface area contributed by atoms with Crippen molar-refractivity contribution >= 4 is 12.4 Å². The monoisotopic (exact) mass is 540 g/mol. The fraction of sp³-hybridized carbons (Fsp3) is 0.933. The lowest BCUT2D eigenvalue weighted by molar-refractivity contribution is -0.139. The van der Waals surface area contributed by atoms with Gasteiger partial charge < -0.3 is 20.1 Å². The summed E-state index contributed by atoms with van der Waals surface area (Å²) in [5.74, 6) is 0.508. The molecule has 0 aromatic carbocycles. The van der Waals surface area contributed by atoms with Gasteiger partial charge in [0.15, 0.2) is 0 Å². The van der Waals surface area contributed by atoms with E-state index in [1.54, 1.807) is 0 Å². The Balaban J connectivity index is 2.11. The van der Waals surface area contributed by atoms with Gasteiger partial charge in [-0.3, -0.25) is 19.4 Å². The van der Waals surface area contributed by atoms with E-state index < -0.39 is 18.2 Å². The maximum Gasteiger partial charge on any atom is 0.317 e. The van der Waals surface area contributed by atoms with Crippen LogP contribution in [-0.4, -0.2) is 89.2 Å². The summed E-state index contributed by atoms with van der Waals surface area (Å²) in [5.41, 5.74) is 0.286. The van der Waals surface area contributed by atoms with Crippen LogP contribution < -0.4 is 0 Å². The first kappa shape index (κ1) is 33.0. The fourth-order valence-electron chi connectivity index (χ4n) is 6.80. The lowest BCUT2D eigenvalue weighted by atomic mass is 9.65. The van der Waals surface area contributed by atoms with Gasteiger partial charge in [-0.05, 0) is 72.0 Å². The van der Waals surface area contributed by atoms with Crippen LogP contribution in [0.3, 0.4) is 0 Å². The van der Waals surface area contributed by atoms with Crippen molar-refractivity contribution in [1.29, 1.82) is 0 Å². The van der Waals surface area contributed by atoms with Crippen molar-refractivity contribution in [3.63, 3.8) is 0 Å². The van der Waals surface area contributed by atoms with E-state index >= 15 is 0 Å². The van der Waals surface area contributed by atoms with E-state index in [0.29, 0.717) is 44.5 Å². The van der Waals surface area contributed by atoms with Crippen molar-refractivity contribution in [3.05, 3.63) is 0 Å². The number of rotatable bonds is 12. The first-order valence-corrected chi connectivity index (χ1v) is 14.6. The Kier molecular flexibility index (Phi) is 12.1. The number of hydrogen-bond donors (Lipinski definition) is 3. The molecule has 8 unspecified atom stereocenters. The van der Waals surface area contributed by atoms with Gasteiger partial charge in [0.05, 0.1) is 18.8 Å². The highest BCUT2D eigenvalue weighted by molar-refractivity contribution is 5.69. The Labute approximate surface area is 231 Å². The highest BCUT2D eigenvalue weighted by Gasteiger charge is 2.41. The van der Waals surface area contributed by atoms with Gasteiger partial charge in [0.1, 0.15) is 6.73 Å². The van der Waals surface area contributed by atoms with Gasteiger partial charge in [-0.15, -0.1) is 0 Å². The standard InChI is InChI=1S/C30H56N2O6/c1-20-11-24(29(3,4)5)13-22(27(20)36)15-31(17-26(34)35)9-10-32(18-38-19-33)16-23-14-25(30(6,7)8)12-21(2)28(23)37/h19-25,27-28,36-37H,9-18H2,1-8H3,(H,34,35). The molecule has 3 N–H and O–H groups in total. The van der Waals surface area contributed by atoms with Crippen molar-refractivity contribution in [1.82, 2.24) is 9.80 Å². The molecule has 38 heavy (non-hydrogen) atoms. The maximum atomic E-state index is 11.7. The van der Waals surface area contributed by atoms with E-state index in [0.717, 1.165) is 25.7 Å². The summed E-state index contributed by atoms with van der Waals surface area (Å²) in [5, 5.41) is 31.6. The average Bonchev–Trinajstić information content (AvgIpc) is 2.79. The molecule has 0 spiro atoms. The van der Waals surface area contributed by atoms with Crippen molar-refractivity contribution in [3.8, 4) is 0 Å². The zero-order valence-electron chi connectivity index (χ0n) is 25.2. The average molecular weight is 541 g/mol. The smallest absolute Gasteiger partial charge is 0.317 e. The molecule has 0 bridgehead atoms. The fourth-order valence-corrected chi connectivity index (χ4v) is 6.80. The molecule has 2 saturated carbocycles. The minimum Gasteiger partial charge on any atom is -0.480 e. The second-order valence-corrected chi connectivity index (χ2v) is 14.6. The number of carbonyl (C=O) groups excluding carboxylic acids is 1. The number of hydrogen-bond acceptors (Lipinski definition) is 7. The number of aliphatic carboxylic acids is 1. The Morgan fingerprint density at radius 3 is 1.63 bits per heavy atom. The van der Waals surface area contributed by atoms with E-state index in [-0.39, 0.29) is 47.8 Å². The van der Waals surface area contributed by atoms with Gasteiger partial charge in [0.25, 0.3) is 6.47 Å². The van der Waals surface area contributed by atoms with Gasteiger partial charge in [-0.25, -0.2) is 0 Å². The van der Waals surface area contributed by atoms with Crippen LogP contribution in [0.4, 0.5) is 0 Å². The summed E-state index contributed by atoms with van der Waals surface area (Å²) in [6, 6.07) is 0. The van der Waals surface area contributed by atoms with Crippen LogP contribution in [0.25, 0.3) is 0 Å². The lowest BCUT2D eigenvalue weighted by Gasteiger charge is -2.45. The Morgan fingerprint density at radius 1 is 0.816 bits per heavy atom. The molecule has 2 rings (SSSR count). The molecule has 0 aromatic heterocycles. The van der Waals surface area contributed by atoms with E-state index in [1.807, 2.05) is 9.80 Å². The molecule has 2 aliphatic rings. The second kappa shape index (κ2) is 13.9. The third-order valence-corrected chi connectivity index (χ3v) is 9.47. The van der Waals surface area contributed by atoms with Crippen molar-refractivity contribution in [2.75, 3.05) is 39.5 Å². The summed E-state index contributed by atoms with van der Waals surface area (Å²) in [6.07, 6.45) is 2.89. The summed E-state index contributed by atoms with van der Waals surface area (Å²) in [6.45, 7) is 20.2. The number of carboxylic acid groups (broad SMARTS) is 1. The van der Waals surface area contributed by atoms with Crippen LogP contribution in [0.15, 0.2) is 0 Å². The SMILES string of the molecule is CC1CC(C(C)(C)C)CC(CN(CCN(CC(=O)O)CC2CC(C(C)(C)C)CC(C)C2O)COC=O)C1O. The summed E-state index contributed by atoms with van der Waals surface area (Å²) < 4.78 is 5.13. The number of aliphatic hydroxyl groups excluding tert-OH is 2. The van der Waals surface area contributed by atoms with E-state index in [2.05, 4.69) is 55.4 Å². The van der Waals surface area contributed by atoms with Gasteiger partial charge in [0, 0.05) is 26.2 Å². The van der Waals surface area contributed by atoms with Crippen molar-refractivity contribution < 1.29 is 29.6 Å². The number of carboxylic acids is 1. The topological polar surface area (TPSA) is 111 Å². The first-order chi connectivity index (χ1) is 17.5. The van der Waals surface area contributed by atoms with Crippen LogP contribution in [0.5, 0.6) is 0 Å². The third kappa shape index (κ3) is 9.76. The summed E-state index contributed by atoms with van der Waals surface area (Å²) >= 11 is 0. The first-order valence-electron chi connectivity index (χ1n) is 14.6.